The predicted molar refractivity (Wildman–Crippen MR) is 98.1 cm³/mol. The summed E-state index contributed by atoms with van der Waals surface area (Å²) in [6.07, 6.45) is 0. The molecule has 0 aliphatic heterocycles. The lowest BCUT2D eigenvalue weighted by Gasteiger charge is -2.05. The van der Waals surface area contributed by atoms with Gasteiger partial charge in [0.25, 0.3) is 0 Å². The maximum absolute atomic E-state index is 12.4. The summed E-state index contributed by atoms with van der Waals surface area (Å²) in [4.78, 5) is 26.9. The molecular weight excluding hydrogens is 374 g/mol. The molecular formula is C17H17N3O6S. The van der Waals surface area contributed by atoms with Crippen LogP contribution >= 0.6 is 11.3 Å². The average Bonchev–Trinajstić information content (AvgIpc) is 3.25. The van der Waals surface area contributed by atoms with Crippen LogP contribution in [0.25, 0.3) is 10.2 Å². The summed E-state index contributed by atoms with van der Waals surface area (Å²) in [5.41, 5.74) is 0.887. The van der Waals surface area contributed by atoms with Crippen molar-refractivity contribution in [3.05, 3.63) is 51.0 Å². The van der Waals surface area contributed by atoms with E-state index in [0.29, 0.717) is 24.6 Å². The Labute approximate surface area is 157 Å². The van der Waals surface area contributed by atoms with Crippen molar-refractivity contribution in [2.75, 3.05) is 20.3 Å². The molecule has 10 heteroatoms. The Hall–Kier alpha value is -2.98. The molecule has 1 aromatic carbocycles. The number of thiazole rings is 1. The molecule has 142 valence electrons. The van der Waals surface area contributed by atoms with Crippen LogP contribution in [-0.2, 0) is 11.3 Å². The van der Waals surface area contributed by atoms with E-state index in [9.17, 15) is 14.9 Å². The Bertz CT molecular complexity index is 1050. The fraction of sp³-hybridized carbons (Fsp3) is 0.294. The van der Waals surface area contributed by atoms with Crippen LogP contribution in [0, 0.1) is 10.1 Å². The Morgan fingerprint density at radius 3 is 2.85 bits per heavy atom. The van der Waals surface area contributed by atoms with E-state index in [4.69, 9.17) is 13.9 Å². The van der Waals surface area contributed by atoms with Crippen molar-refractivity contribution >= 4 is 33.3 Å². The zero-order valence-corrected chi connectivity index (χ0v) is 15.5. The van der Waals surface area contributed by atoms with Gasteiger partial charge < -0.3 is 18.5 Å². The fourth-order valence-corrected chi connectivity index (χ4v) is 3.56. The van der Waals surface area contributed by atoms with Gasteiger partial charge in [-0.1, -0.05) is 11.3 Å². The van der Waals surface area contributed by atoms with Gasteiger partial charge in [-0.3, -0.25) is 14.9 Å². The first-order chi connectivity index (χ1) is 13.0. The molecule has 0 saturated heterocycles. The van der Waals surface area contributed by atoms with Crippen molar-refractivity contribution in [3.63, 3.8) is 0 Å². The molecule has 1 amide bonds. The van der Waals surface area contributed by atoms with Gasteiger partial charge in [-0.05, 0) is 31.2 Å². The second kappa shape index (κ2) is 8.14. The van der Waals surface area contributed by atoms with Crippen molar-refractivity contribution in [1.29, 1.82) is 0 Å². The Kier molecular flexibility index (Phi) is 5.67. The average molecular weight is 391 g/mol. The van der Waals surface area contributed by atoms with E-state index in [2.05, 4.69) is 4.99 Å². The lowest BCUT2D eigenvalue weighted by atomic mass is 10.3. The van der Waals surface area contributed by atoms with E-state index in [1.165, 1.54) is 17.4 Å². The number of carbonyl (C=O) groups excluding carboxylic acids is 1. The number of furan rings is 1. The first-order valence-electron chi connectivity index (χ1n) is 8.12. The minimum Gasteiger partial charge on any atom is -0.494 e. The second-order valence-corrected chi connectivity index (χ2v) is 6.41. The van der Waals surface area contributed by atoms with Crippen molar-refractivity contribution in [2.45, 2.75) is 13.5 Å². The molecule has 3 aromatic rings. The van der Waals surface area contributed by atoms with Gasteiger partial charge in [-0.2, -0.15) is 4.99 Å². The van der Waals surface area contributed by atoms with Gasteiger partial charge in [0, 0.05) is 13.7 Å². The molecule has 0 aliphatic rings. The number of nitrogens with zero attached hydrogens (tertiary/aromatic N) is 3. The standard InChI is InChI=1S/C17H17N3O6S/c1-3-25-11-4-5-12-14(10-11)27-17(19(12)8-9-24-2)18-16(21)13-6-7-15(26-13)20(22)23/h4-7,10H,3,8-9H2,1-2H3. The number of nitro groups is 1. The molecule has 0 fully saturated rings. The molecule has 27 heavy (non-hydrogen) atoms. The highest BCUT2D eigenvalue weighted by Gasteiger charge is 2.17. The highest BCUT2D eigenvalue weighted by molar-refractivity contribution is 7.16. The van der Waals surface area contributed by atoms with Crippen LogP contribution in [0.15, 0.2) is 39.7 Å². The lowest BCUT2D eigenvalue weighted by Crippen LogP contribution is -2.19. The maximum Gasteiger partial charge on any atom is 0.433 e. The summed E-state index contributed by atoms with van der Waals surface area (Å²) in [5.74, 6) is -0.651. The summed E-state index contributed by atoms with van der Waals surface area (Å²) in [5, 5.41) is 10.7. The van der Waals surface area contributed by atoms with Crippen LogP contribution in [0.4, 0.5) is 5.88 Å². The second-order valence-electron chi connectivity index (χ2n) is 5.40. The van der Waals surface area contributed by atoms with Gasteiger partial charge in [0.1, 0.15) is 10.7 Å². The van der Waals surface area contributed by atoms with Crippen LogP contribution in [0.2, 0.25) is 0 Å². The number of hydrogen-bond acceptors (Lipinski definition) is 7. The van der Waals surface area contributed by atoms with Crippen LogP contribution in [-0.4, -0.2) is 35.7 Å². The summed E-state index contributed by atoms with van der Waals surface area (Å²) < 4.78 is 18.3. The topological polar surface area (TPSA) is 109 Å². The Balaban J connectivity index is 2.05. The van der Waals surface area contributed by atoms with Gasteiger partial charge in [0.15, 0.2) is 4.80 Å². The van der Waals surface area contributed by atoms with E-state index in [1.54, 1.807) is 7.11 Å². The van der Waals surface area contributed by atoms with E-state index in [-0.39, 0.29) is 5.76 Å². The number of rotatable bonds is 7. The summed E-state index contributed by atoms with van der Waals surface area (Å²) in [6, 6.07) is 8.00. The summed E-state index contributed by atoms with van der Waals surface area (Å²) >= 11 is 1.31. The molecule has 0 spiro atoms. The van der Waals surface area contributed by atoms with Gasteiger partial charge in [0.2, 0.25) is 5.76 Å². The van der Waals surface area contributed by atoms with Crippen LogP contribution in [0.3, 0.4) is 0 Å². The summed E-state index contributed by atoms with van der Waals surface area (Å²) in [7, 11) is 1.59. The molecule has 2 aromatic heterocycles. The van der Waals surface area contributed by atoms with Crippen LogP contribution in [0.1, 0.15) is 17.5 Å². The number of amides is 1. The Morgan fingerprint density at radius 2 is 2.19 bits per heavy atom. The third kappa shape index (κ3) is 4.07. The number of methoxy groups -OCH3 is 1. The Morgan fingerprint density at radius 1 is 1.37 bits per heavy atom. The van der Waals surface area contributed by atoms with Gasteiger partial charge in [-0.15, -0.1) is 0 Å². The third-order valence-electron chi connectivity index (χ3n) is 3.66. The monoisotopic (exact) mass is 391 g/mol. The highest BCUT2D eigenvalue weighted by atomic mass is 32.1. The first-order valence-corrected chi connectivity index (χ1v) is 8.93. The summed E-state index contributed by atoms with van der Waals surface area (Å²) in [6.45, 7) is 3.38. The normalized spacial score (nSPS) is 11.9. The van der Waals surface area contributed by atoms with Crippen LogP contribution < -0.4 is 9.54 Å². The number of carbonyl (C=O) groups is 1. The number of ether oxygens (including phenoxy) is 2. The van der Waals surface area contributed by atoms with E-state index in [1.807, 2.05) is 29.7 Å². The molecule has 9 nitrogen and oxygen atoms in total. The van der Waals surface area contributed by atoms with E-state index >= 15 is 0 Å². The molecule has 0 saturated carbocycles. The largest absolute Gasteiger partial charge is 0.494 e. The smallest absolute Gasteiger partial charge is 0.433 e. The molecule has 3 rings (SSSR count). The zero-order chi connectivity index (χ0) is 19.4. The third-order valence-corrected chi connectivity index (χ3v) is 4.71. The fourth-order valence-electron chi connectivity index (χ4n) is 2.48. The number of fused-ring (bicyclic) bond motifs is 1. The van der Waals surface area contributed by atoms with E-state index in [0.717, 1.165) is 22.0 Å². The minimum atomic E-state index is -0.704. The highest BCUT2D eigenvalue weighted by Crippen LogP contribution is 2.24. The van der Waals surface area contributed by atoms with Crippen molar-refractivity contribution in [2.24, 2.45) is 4.99 Å². The van der Waals surface area contributed by atoms with Gasteiger partial charge in [0.05, 0.1) is 29.5 Å². The molecule has 0 unspecified atom stereocenters. The molecule has 0 atom stereocenters. The number of benzene rings is 1. The van der Waals surface area contributed by atoms with Crippen molar-refractivity contribution < 1.29 is 23.6 Å². The number of hydrogen-bond donors (Lipinski definition) is 0. The predicted octanol–water partition coefficient (Wildman–Crippen LogP) is 2.99. The van der Waals surface area contributed by atoms with Crippen molar-refractivity contribution in [1.82, 2.24) is 4.57 Å². The molecule has 2 heterocycles. The maximum atomic E-state index is 12.4. The first kappa shape index (κ1) is 18.8. The zero-order valence-electron chi connectivity index (χ0n) is 14.7. The molecule has 0 N–H and O–H groups in total. The van der Waals surface area contributed by atoms with Crippen LogP contribution in [0.5, 0.6) is 5.75 Å². The SMILES string of the molecule is CCOc1ccc2c(c1)sc(=NC(=O)c1ccc([N+](=O)[O-])o1)n2CCOC. The molecule has 0 aliphatic carbocycles. The molecule has 0 radical (unpaired) electrons. The molecule has 0 bridgehead atoms. The van der Waals surface area contributed by atoms with E-state index < -0.39 is 16.7 Å². The van der Waals surface area contributed by atoms with Gasteiger partial charge >= 0.3 is 11.8 Å². The van der Waals surface area contributed by atoms with Crippen molar-refractivity contribution in [3.8, 4) is 5.75 Å². The van der Waals surface area contributed by atoms with Gasteiger partial charge in [-0.25, -0.2) is 0 Å². The lowest BCUT2D eigenvalue weighted by molar-refractivity contribution is -0.402. The number of aromatic nitrogens is 1. The quantitative estimate of drug-likeness (QED) is 0.452. The minimum absolute atomic E-state index is 0.188.